The normalized spacial score (nSPS) is 13.7. The van der Waals surface area contributed by atoms with E-state index in [1.165, 1.54) is 4.88 Å². The molecule has 1 aromatic heterocycles. The summed E-state index contributed by atoms with van der Waals surface area (Å²) in [6, 6.07) is 4.94. The number of hydrogen-bond donors (Lipinski definition) is 1. The first-order valence-electron chi connectivity index (χ1n) is 5.55. The van der Waals surface area contributed by atoms with Crippen LogP contribution in [0.1, 0.15) is 24.8 Å². The second kappa shape index (κ2) is 6.26. The van der Waals surface area contributed by atoms with E-state index >= 15 is 0 Å². The third kappa shape index (κ3) is 3.59. The van der Waals surface area contributed by atoms with Gasteiger partial charge in [0.1, 0.15) is 0 Å². The minimum atomic E-state index is 0.554. The lowest BCUT2D eigenvalue weighted by Gasteiger charge is -2.30. The molecule has 1 unspecified atom stereocenters. The van der Waals surface area contributed by atoms with Crippen molar-refractivity contribution in [1.82, 2.24) is 10.2 Å². The lowest BCUT2D eigenvalue weighted by molar-refractivity contribution is 0.199. The van der Waals surface area contributed by atoms with Gasteiger partial charge in [-0.15, -0.1) is 11.3 Å². The van der Waals surface area contributed by atoms with Gasteiger partial charge in [0.25, 0.3) is 0 Å². The Hall–Kier alpha value is -0.380. The Bertz CT molecular complexity index is 257. The Morgan fingerprint density at radius 3 is 2.67 bits per heavy atom. The molecule has 2 nitrogen and oxygen atoms in total. The van der Waals surface area contributed by atoms with Crippen molar-refractivity contribution >= 4 is 11.3 Å². The summed E-state index contributed by atoms with van der Waals surface area (Å²) >= 11 is 1.86. The number of rotatable bonds is 6. The Balaban J connectivity index is 2.66. The molecule has 0 bridgehead atoms. The van der Waals surface area contributed by atoms with Crippen molar-refractivity contribution in [3.63, 3.8) is 0 Å². The van der Waals surface area contributed by atoms with Crippen molar-refractivity contribution in [3.8, 4) is 0 Å². The molecule has 0 saturated carbocycles. The molecule has 1 N–H and O–H groups in total. The van der Waals surface area contributed by atoms with Crippen LogP contribution in [-0.2, 0) is 0 Å². The average molecular weight is 226 g/mol. The van der Waals surface area contributed by atoms with E-state index in [9.17, 15) is 0 Å². The monoisotopic (exact) mass is 226 g/mol. The molecule has 3 heteroatoms. The summed E-state index contributed by atoms with van der Waals surface area (Å²) in [6.45, 7) is 6.73. The van der Waals surface area contributed by atoms with Gasteiger partial charge in [-0.3, -0.25) is 4.90 Å². The number of nitrogens with one attached hydrogen (secondary N) is 1. The second-order valence-corrected chi connectivity index (χ2v) is 5.27. The van der Waals surface area contributed by atoms with Gasteiger partial charge in [-0.2, -0.15) is 0 Å². The van der Waals surface area contributed by atoms with Gasteiger partial charge in [0.15, 0.2) is 0 Å². The second-order valence-electron chi connectivity index (χ2n) is 4.29. The van der Waals surface area contributed by atoms with Gasteiger partial charge in [-0.1, -0.05) is 19.9 Å². The molecule has 0 saturated heterocycles. The molecule has 0 aromatic carbocycles. The molecule has 0 aliphatic rings. The van der Waals surface area contributed by atoms with Gasteiger partial charge < -0.3 is 5.32 Å². The van der Waals surface area contributed by atoms with Gasteiger partial charge in [0.2, 0.25) is 0 Å². The molecule has 15 heavy (non-hydrogen) atoms. The Kier molecular flexibility index (Phi) is 5.29. The van der Waals surface area contributed by atoms with Gasteiger partial charge in [0.05, 0.1) is 0 Å². The fraction of sp³-hybridized carbons (Fsp3) is 0.667. The van der Waals surface area contributed by atoms with E-state index in [2.05, 4.69) is 48.6 Å². The first-order chi connectivity index (χ1) is 7.16. The summed E-state index contributed by atoms with van der Waals surface area (Å²) in [5.74, 6) is 0.658. The molecule has 0 radical (unpaired) electrons. The molecule has 0 amide bonds. The van der Waals surface area contributed by atoms with E-state index in [1.54, 1.807) is 0 Å². The maximum atomic E-state index is 3.20. The molecule has 0 aliphatic carbocycles. The zero-order chi connectivity index (χ0) is 11.3. The van der Waals surface area contributed by atoms with E-state index in [1.807, 2.05) is 18.4 Å². The predicted octanol–water partition coefficient (Wildman–Crippen LogP) is 2.60. The minimum Gasteiger partial charge on any atom is -0.318 e. The van der Waals surface area contributed by atoms with Gasteiger partial charge >= 0.3 is 0 Å². The number of thiophene rings is 1. The minimum absolute atomic E-state index is 0.554. The molecule has 1 aromatic rings. The Morgan fingerprint density at radius 1 is 1.47 bits per heavy atom. The summed E-state index contributed by atoms with van der Waals surface area (Å²) in [4.78, 5) is 3.91. The zero-order valence-corrected chi connectivity index (χ0v) is 11.0. The van der Waals surface area contributed by atoms with Crippen LogP contribution < -0.4 is 5.32 Å². The van der Waals surface area contributed by atoms with Crippen LogP contribution in [0.5, 0.6) is 0 Å². The molecule has 0 fully saturated rings. The van der Waals surface area contributed by atoms with E-state index in [-0.39, 0.29) is 0 Å². The van der Waals surface area contributed by atoms with Crippen molar-refractivity contribution in [2.75, 3.05) is 27.2 Å². The first-order valence-corrected chi connectivity index (χ1v) is 6.43. The fourth-order valence-electron chi connectivity index (χ4n) is 1.94. The van der Waals surface area contributed by atoms with Crippen LogP contribution in [0.25, 0.3) is 0 Å². The van der Waals surface area contributed by atoms with Crippen LogP contribution in [0.4, 0.5) is 0 Å². The Labute approximate surface area is 97.3 Å². The summed E-state index contributed by atoms with van der Waals surface area (Å²) in [5.41, 5.74) is 0. The third-order valence-electron chi connectivity index (χ3n) is 2.66. The van der Waals surface area contributed by atoms with Crippen LogP contribution >= 0.6 is 11.3 Å². The van der Waals surface area contributed by atoms with Crippen LogP contribution in [0.15, 0.2) is 17.5 Å². The van der Waals surface area contributed by atoms with E-state index in [0.717, 1.165) is 13.1 Å². The van der Waals surface area contributed by atoms with Crippen molar-refractivity contribution in [2.45, 2.75) is 19.9 Å². The molecular weight excluding hydrogens is 204 g/mol. The molecule has 0 aliphatic heterocycles. The predicted molar refractivity (Wildman–Crippen MR) is 68.5 cm³/mol. The van der Waals surface area contributed by atoms with Crippen molar-refractivity contribution in [2.24, 2.45) is 5.92 Å². The van der Waals surface area contributed by atoms with Crippen LogP contribution in [0, 0.1) is 5.92 Å². The van der Waals surface area contributed by atoms with Crippen molar-refractivity contribution in [1.29, 1.82) is 0 Å². The van der Waals surface area contributed by atoms with Crippen LogP contribution in [0.3, 0.4) is 0 Å². The molecule has 1 atom stereocenters. The topological polar surface area (TPSA) is 15.3 Å². The SMILES string of the molecule is CNCCN(C)C(c1cccs1)C(C)C. The van der Waals surface area contributed by atoms with E-state index in [0.29, 0.717) is 12.0 Å². The first kappa shape index (κ1) is 12.7. The Morgan fingerprint density at radius 2 is 2.20 bits per heavy atom. The number of hydrogen-bond acceptors (Lipinski definition) is 3. The zero-order valence-electron chi connectivity index (χ0n) is 10.2. The van der Waals surface area contributed by atoms with Crippen LogP contribution in [0.2, 0.25) is 0 Å². The fourth-order valence-corrected chi connectivity index (χ4v) is 3.00. The molecule has 86 valence electrons. The summed E-state index contributed by atoms with van der Waals surface area (Å²) in [6.07, 6.45) is 0. The molecule has 0 spiro atoms. The van der Waals surface area contributed by atoms with Crippen molar-refractivity contribution in [3.05, 3.63) is 22.4 Å². The van der Waals surface area contributed by atoms with Crippen molar-refractivity contribution < 1.29 is 0 Å². The lowest BCUT2D eigenvalue weighted by Crippen LogP contribution is -2.33. The molecular formula is C12H22N2S. The lowest BCUT2D eigenvalue weighted by atomic mass is 10.0. The largest absolute Gasteiger partial charge is 0.318 e. The highest BCUT2D eigenvalue weighted by Crippen LogP contribution is 2.30. The smallest absolute Gasteiger partial charge is 0.0461 e. The standard InChI is InChI=1S/C12H22N2S/c1-10(2)12(11-6-5-9-15-11)14(4)8-7-13-3/h5-6,9-10,12-13H,7-8H2,1-4H3. The highest BCUT2D eigenvalue weighted by atomic mass is 32.1. The van der Waals surface area contributed by atoms with E-state index in [4.69, 9.17) is 0 Å². The number of nitrogens with zero attached hydrogens (tertiary/aromatic N) is 1. The van der Waals surface area contributed by atoms with Gasteiger partial charge in [0, 0.05) is 24.0 Å². The molecule has 1 heterocycles. The number of likely N-dealkylation sites (N-methyl/N-ethyl adjacent to an activating group) is 2. The quantitative estimate of drug-likeness (QED) is 0.802. The molecule has 1 rings (SSSR count). The van der Waals surface area contributed by atoms with Crippen LogP contribution in [-0.4, -0.2) is 32.1 Å². The van der Waals surface area contributed by atoms with Gasteiger partial charge in [-0.25, -0.2) is 0 Å². The van der Waals surface area contributed by atoms with Gasteiger partial charge in [-0.05, 0) is 31.5 Å². The van der Waals surface area contributed by atoms with E-state index < -0.39 is 0 Å². The highest BCUT2D eigenvalue weighted by molar-refractivity contribution is 7.10. The maximum Gasteiger partial charge on any atom is 0.0461 e. The summed E-state index contributed by atoms with van der Waals surface area (Å²) < 4.78 is 0. The highest BCUT2D eigenvalue weighted by Gasteiger charge is 2.20. The third-order valence-corrected chi connectivity index (χ3v) is 3.60. The summed E-state index contributed by atoms with van der Waals surface area (Å²) in [5, 5.41) is 5.36. The maximum absolute atomic E-state index is 3.20. The average Bonchev–Trinajstić information content (AvgIpc) is 2.67. The summed E-state index contributed by atoms with van der Waals surface area (Å²) in [7, 11) is 4.21.